The Bertz CT molecular complexity index is 751. The number of aryl methyl sites for hydroxylation is 1. The van der Waals surface area contributed by atoms with Gasteiger partial charge in [-0.05, 0) is 20.4 Å². The minimum absolute atomic E-state index is 0.134. The predicted molar refractivity (Wildman–Crippen MR) is 90.8 cm³/mol. The average Bonchev–Trinajstić information content (AvgIpc) is 3.06. The van der Waals surface area contributed by atoms with Crippen LogP contribution in [-0.2, 0) is 16.4 Å². The third kappa shape index (κ3) is 3.56. The zero-order chi connectivity index (χ0) is 15.7. The van der Waals surface area contributed by atoms with Gasteiger partial charge in [-0.2, -0.15) is 0 Å². The molecule has 4 nitrogen and oxygen atoms in total. The molecule has 1 aliphatic rings. The molecule has 3 rings (SSSR count). The molecule has 0 spiro atoms. The Morgan fingerprint density at radius 2 is 2.05 bits per heavy atom. The van der Waals surface area contributed by atoms with E-state index in [0.29, 0.717) is 5.75 Å². The highest BCUT2D eigenvalue weighted by Gasteiger charge is 2.30. The Balaban J connectivity index is 1.68. The van der Waals surface area contributed by atoms with Crippen molar-refractivity contribution in [3.05, 3.63) is 40.9 Å². The molecule has 0 bridgehead atoms. The third-order valence-corrected chi connectivity index (χ3v) is 6.87. The Kier molecular flexibility index (Phi) is 4.34. The van der Waals surface area contributed by atoms with E-state index in [1.165, 1.54) is 10.4 Å². The van der Waals surface area contributed by atoms with Crippen molar-refractivity contribution in [3.63, 3.8) is 0 Å². The Morgan fingerprint density at radius 3 is 2.68 bits per heavy atom. The van der Waals surface area contributed by atoms with Crippen molar-refractivity contribution in [3.8, 4) is 10.6 Å². The van der Waals surface area contributed by atoms with E-state index < -0.39 is 9.84 Å². The van der Waals surface area contributed by atoms with Gasteiger partial charge >= 0.3 is 0 Å². The fourth-order valence-corrected chi connectivity index (χ4v) is 5.49. The van der Waals surface area contributed by atoms with Gasteiger partial charge in [0, 0.05) is 29.2 Å². The lowest BCUT2D eigenvalue weighted by Crippen LogP contribution is -2.31. The molecule has 1 aromatic carbocycles. The molecule has 2 aromatic rings. The summed E-state index contributed by atoms with van der Waals surface area (Å²) in [6, 6.07) is 8.49. The van der Waals surface area contributed by atoms with Crippen LogP contribution in [-0.4, -0.2) is 42.9 Å². The fourth-order valence-electron chi connectivity index (χ4n) is 2.71. The van der Waals surface area contributed by atoms with Crippen molar-refractivity contribution >= 4 is 21.2 Å². The zero-order valence-corrected chi connectivity index (χ0v) is 14.5. The smallest absolute Gasteiger partial charge is 0.151 e. The summed E-state index contributed by atoms with van der Waals surface area (Å²) in [5.41, 5.74) is 2.37. The molecular formula is C16H20N2O2S2. The van der Waals surface area contributed by atoms with E-state index in [4.69, 9.17) is 0 Å². The lowest BCUT2D eigenvalue weighted by atomic mass is 10.2. The van der Waals surface area contributed by atoms with Crippen LogP contribution in [0.2, 0.25) is 0 Å². The molecule has 0 radical (unpaired) electrons. The van der Waals surface area contributed by atoms with Crippen LogP contribution in [0.3, 0.4) is 0 Å². The standard InChI is InChI=1S/C16H20N2O2S2/c1-12-3-5-13(6-4-12)16-17-9-15(21-16)10-18(2)14-7-8-22(19,20)11-14/h3-6,9,14H,7-8,10-11H2,1-2H3/t14-/m1/s1. The molecule has 6 heteroatoms. The SMILES string of the molecule is Cc1ccc(-c2ncc(CN(C)[C@@H]3CCS(=O)(=O)C3)s2)cc1. The first-order chi connectivity index (χ1) is 10.4. The summed E-state index contributed by atoms with van der Waals surface area (Å²) in [7, 11) is -0.832. The molecule has 0 aliphatic carbocycles. The van der Waals surface area contributed by atoms with Crippen LogP contribution < -0.4 is 0 Å². The normalized spacial score (nSPS) is 20.6. The molecule has 1 fully saturated rings. The van der Waals surface area contributed by atoms with Gasteiger partial charge in [0.2, 0.25) is 0 Å². The van der Waals surface area contributed by atoms with Crippen LogP contribution in [0.25, 0.3) is 10.6 Å². The third-order valence-electron chi connectivity index (χ3n) is 4.09. The lowest BCUT2D eigenvalue weighted by molar-refractivity contribution is 0.256. The van der Waals surface area contributed by atoms with Gasteiger partial charge in [0.25, 0.3) is 0 Å². The number of hydrogen-bond acceptors (Lipinski definition) is 5. The van der Waals surface area contributed by atoms with Crippen molar-refractivity contribution in [1.29, 1.82) is 0 Å². The predicted octanol–water partition coefficient (Wildman–Crippen LogP) is 2.74. The van der Waals surface area contributed by atoms with Gasteiger partial charge in [-0.3, -0.25) is 4.90 Å². The van der Waals surface area contributed by atoms with Crippen molar-refractivity contribution in [2.24, 2.45) is 0 Å². The topological polar surface area (TPSA) is 50.3 Å². The zero-order valence-electron chi connectivity index (χ0n) is 12.8. The van der Waals surface area contributed by atoms with Crippen LogP contribution in [0.1, 0.15) is 16.9 Å². The fraction of sp³-hybridized carbons (Fsp3) is 0.438. The summed E-state index contributed by atoms with van der Waals surface area (Å²) in [6.07, 6.45) is 2.64. The largest absolute Gasteiger partial charge is 0.297 e. The van der Waals surface area contributed by atoms with Gasteiger partial charge in [0.05, 0.1) is 11.5 Å². The number of rotatable bonds is 4. The summed E-state index contributed by atoms with van der Waals surface area (Å²) < 4.78 is 23.2. The van der Waals surface area contributed by atoms with Crippen LogP contribution in [0.4, 0.5) is 0 Å². The first-order valence-corrected chi connectivity index (χ1v) is 9.99. The van der Waals surface area contributed by atoms with E-state index in [-0.39, 0.29) is 11.8 Å². The number of hydrogen-bond donors (Lipinski definition) is 0. The lowest BCUT2D eigenvalue weighted by Gasteiger charge is -2.21. The van der Waals surface area contributed by atoms with Crippen molar-refractivity contribution < 1.29 is 8.42 Å². The Hall–Kier alpha value is -1.24. The van der Waals surface area contributed by atoms with E-state index in [9.17, 15) is 8.42 Å². The molecule has 0 saturated carbocycles. The van der Waals surface area contributed by atoms with Crippen LogP contribution in [0.15, 0.2) is 30.5 Å². The molecule has 1 aliphatic heterocycles. The first-order valence-electron chi connectivity index (χ1n) is 7.35. The molecule has 1 aromatic heterocycles. The highest BCUT2D eigenvalue weighted by Crippen LogP contribution is 2.27. The van der Waals surface area contributed by atoms with Gasteiger partial charge in [0.15, 0.2) is 9.84 Å². The number of thiazole rings is 1. The minimum Gasteiger partial charge on any atom is -0.297 e. The van der Waals surface area contributed by atoms with E-state index in [1.54, 1.807) is 11.3 Å². The van der Waals surface area contributed by atoms with Gasteiger partial charge in [0.1, 0.15) is 5.01 Å². The second-order valence-electron chi connectivity index (χ2n) is 5.97. The van der Waals surface area contributed by atoms with Crippen LogP contribution >= 0.6 is 11.3 Å². The first kappa shape index (κ1) is 15.6. The van der Waals surface area contributed by atoms with E-state index in [1.807, 2.05) is 13.2 Å². The Labute approximate surface area is 135 Å². The highest BCUT2D eigenvalue weighted by atomic mass is 32.2. The molecule has 2 heterocycles. The molecule has 1 saturated heterocycles. The number of benzene rings is 1. The van der Waals surface area contributed by atoms with Crippen LogP contribution in [0.5, 0.6) is 0 Å². The van der Waals surface area contributed by atoms with Crippen molar-refractivity contribution in [2.45, 2.75) is 25.9 Å². The summed E-state index contributed by atoms with van der Waals surface area (Å²) >= 11 is 1.68. The molecule has 118 valence electrons. The second kappa shape index (κ2) is 6.10. The minimum atomic E-state index is -2.83. The summed E-state index contributed by atoms with van der Waals surface area (Å²) in [4.78, 5) is 7.80. The maximum absolute atomic E-state index is 11.6. The highest BCUT2D eigenvalue weighted by molar-refractivity contribution is 7.91. The molecule has 1 atom stereocenters. The maximum Gasteiger partial charge on any atom is 0.151 e. The molecular weight excluding hydrogens is 316 g/mol. The molecule has 22 heavy (non-hydrogen) atoms. The average molecular weight is 336 g/mol. The number of sulfone groups is 1. The summed E-state index contributed by atoms with van der Waals surface area (Å²) in [6.45, 7) is 2.82. The quantitative estimate of drug-likeness (QED) is 0.861. The van der Waals surface area contributed by atoms with Gasteiger partial charge in [-0.15, -0.1) is 11.3 Å². The molecule has 0 N–H and O–H groups in total. The van der Waals surface area contributed by atoms with E-state index >= 15 is 0 Å². The molecule has 0 amide bonds. The summed E-state index contributed by atoms with van der Waals surface area (Å²) in [5.74, 6) is 0.604. The van der Waals surface area contributed by atoms with E-state index in [0.717, 1.165) is 23.5 Å². The molecule has 0 unspecified atom stereocenters. The monoisotopic (exact) mass is 336 g/mol. The Morgan fingerprint density at radius 1 is 1.32 bits per heavy atom. The van der Waals surface area contributed by atoms with Gasteiger partial charge in [-0.25, -0.2) is 13.4 Å². The maximum atomic E-state index is 11.6. The number of aromatic nitrogens is 1. The second-order valence-corrected chi connectivity index (χ2v) is 9.31. The van der Waals surface area contributed by atoms with Gasteiger partial charge < -0.3 is 0 Å². The van der Waals surface area contributed by atoms with E-state index in [2.05, 4.69) is 41.1 Å². The van der Waals surface area contributed by atoms with Gasteiger partial charge in [-0.1, -0.05) is 29.8 Å². The van der Waals surface area contributed by atoms with Crippen LogP contribution in [0, 0.1) is 6.92 Å². The van der Waals surface area contributed by atoms with Crippen molar-refractivity contribution in [2.75, 3.05) is 18.6 Å². The number of nitrogens with zero attached hydrogens (tertiary/aromatic N) is 2. The summed E-state index contributed by atoms with van der Waals surface area (Å²) in [5, 5.41) is 1.02. The van der Waals surface area contributed by atoms with Crippen molar-refractivity contribution in [1.82, 2.24) is 9.88 Å².